The van der Waals surface area contributed by atoms with Gasteiger partial charge in [-0.2, -0.15) is 0 Å². The van der Waals surface area contributed by atoms with Crippen LogP contribution in [0.2, 0.25) is 10.0 Å². The van der Waals surface area contributed by atoms with Crippen LogP contribution < -0.4 is 4.90 Å². The molecule has 0 bridgehead atoms. The zero-order chi connectivity index (χ0) is 20.0. The molecule has 2 aromatic rings. The number of nitrogens with zero attached hydrogens (tertiary/aromatic N) is 3. The van der Waals surface area contributed by atoms with E-state index in [4.69, 9.17) is 33.2 Å². The molecule has 154 valence electrons. The highest BCUT2D eigenvalue weighted by molar-refractivity contribution is 7.99. The van der Waals surface area contributed by atoms with E-state index in [1.165, 1.54) is 44.9 Å². The van der Waals surface area contributed by atoms with Gasteiger partial charge in [-0.15, -0.1) is 0 Å². The van der Waals surface area contributed by atoms with Crippen LogP contribution in [0.5, 0.6) is 0 Å². The second-order valence-corrected chi connectivity index (χ2v) is 10.8. The minimum absolute atomic E-state index is 0.536. The minimum atomic E-state index is 0.536. The van der Waals surface area contributed by atoms with Crippen LogP contribution in [0, 0.1) is 11.3 Å². The number of hydrogen-bond acceptors (Lipinski definition) is 4. The maximum atomic E-state index is 6.41. The summed E-state index contributed by atoms with van der Waals surface area (Å²) in [6.07, 6.45) is 11.2. The zero-order valence-corrected chi connectivity index (χ0v) is 19.2. The molecule has 5 rings (SSSR count). The lowest BCUT2D eigenvalue weighted by Gasteiger charge is -2.42. The lowest BCUT2D eigenvalue weighted by molar-refractivity contribution is 0.161. The number of piperidine rings is 1. The monoisotopic (exact) mass is 447 g/mol. The highest BCUT2D eigenvalue weighted by atomic mass is 35.5. The molecule has 1 saturated heterocycles. The highest BCUT2D eigenvalue weighted by Gasteiger charge is 2.42. The predicted octanol–water partition coefficient (Wildman–Crippen LogP) is 7.22. The molecule has 0 radical (unpaired) electrons. The molecule has 6 heteroatoms. The first-order chi connectivity index (χ1) is 14.1. The van der Waals surface area contributed by atoms with Gasteiger partial charge in [-0.1, -0.05) is 60.8 Å². The smallest absolute Gasteiger partial charge is 0.147 e. The van der Waals surface area contributed by atoms with Gasteiger partial charge in [0, 0.05) is 23.9 Å². The van der Waals surface area contributed by atoms with Crippen LogP contribution >= 0.6 is 35.0 Å². The Labute approximate surface area is 187 Å². The number of halogens is 2. The average molecular weight is 448 g/mol. The normalized spacial score (nSPS) is 23.7. The molecule has 2 saturated carbocycles. The maximum Gasteiger partial charge on any atom is 0.147 e. The van der Waals surface area contributed by atoms with E-state index in [2.05, 4.69) is 11.8 Å². The zero-order valence-electron chi connectivity index (χ0n) is 16.8. The Morgan fingerprint density at radius 1 is 1.10 bits per heavy atom. The molecule has 3 fully saturated rings. The number of benzene rings is 1. The van der Waals surface area contributed by atoms with E-state index in [0.717, 1.165) is 40.4 Å². The summed E-state index contributed by atoms with van der Waals surface area (Å²) >= 11 is 14.2. The first-order valence-corrected chi connectivity index (χ1v) is 12.4. The fraction of sp³-hybridized carbons (Fsp3) is 0.565. The summed E-state index contributed by atoms with van der Waals surface area (Å²) < 4.78 is 0. The van der Waals surface area contributed by atoms with Gasteiger partial charge in [0.1, 0.15) is 10.8 Å². The SMILES string of the molecule is C[C@@H]1CCCC12CCN(c1cnc(Sc3cccc(Cl)c3Cl)c(C3CC3)n1)CC2. The van der Waals surface area contributed by atoms with Gasteiger partial charge in [0.2, 0.25) is 0 Å². The number of aromatic nitrogens is 2. The van der Waals surface area contributed by atoms with E-state index >= 15 is 0 Å². The summed E-state index contributed by atoms with van der Waals surface area (Å²) in [5.41, 5.74) is 1.72. The van der Waals surface area contributed by atoms with Crippen molar-refractivity contribution in [1.82, 2.24) is 9.97 Å². The van der Waals surface area contributed by atoms with Crippen molar-refractivity contribution in [3.05, 3.63) is 40.1 Å². The third-order valence-corrected chi connectivity index (χ3v) is 9.28. The number of hydrogen-bond donors (Lipinski definition) is 0. The van der Waals surface area contributed by atoms with Crippen molar-refractivity contribution < 1.29 is 0 Å². The molecule has 1 aromatic heterocycles. The largest absolute Gasteiger partial charge is 0.355 e. The predicted molar refractivity (Wildman–Crippen MR) is 121 cm³/mol. The first-order valence-electron chi connectivity index (χ1n) is 10.8. The number of rotatable bonds is 4. The van der Waals surface area contributed by atoms with E-state index in [1.54, 1.807) is 11.8 Å². The van der Waals surface area contributed by atoms with Gasteiger partial charge < -0.3 is 4.90 Å². The molecule has 3 nitrogen and oxygen atoms in total. The lowest BCUT2D eigenvalue weighted by Crippen LogP contribution is -2.41. The van der Waals surface area contributed by atoms with Gasteiger partial charge >= 0.3 is 0 Å². The van der Waals surface area contributed by atoms with Gasteiger partial charge in [0.05, 0.1) is 21.9 Å². The Morgan fingerprint density at radius 2 is 1.90 bits per heavy atom. The fourth-order valence-corrected chi connectivity index (χ4v) is 6.59. The van der Waals surface area contributed by atoms with Gasteiger partial charge in [0.15, 0.2) is 0 Å². The van der Waals surface area contributed by atoms with Crippen LogP contribution in [0.25, 0.3) is 0 Å². The Morgan fingerprint density at radius 3 is 2.59 bits per heavy atom. The molecular formula is C23H27Cl2N3S. The van der Waals surface area contributed by atoms with E-state index in [0.29, 0.717) is 21.4 Å². The van der Waals surface area contributed by atoms with Gasteiger partial charge in [-0.05, 0) is 55.6 Å². The van der Waals surface area contributed by atoms with Gasteiger partial charge in [0.25, 0.3) is 0 Å². The summed E-state index contributed by atoms with van der Waals surface area (Å²) in [5.74, 6) is 2.46. The van der Waals surface area contributed by atoms with E-state index in [1.807, 2.05) is 24.4 Å². The third-order valence-electron chi connectivity index (χ3n) is 7.28. The van der Waals surface area contributed by atoms with Gasteiger partial charge in [-0.3, -0.25) is 0 Å². The van der Waals surface area contributed by atoms with E-state index in [-0.39, 0.29) is 0 Å². The fourth-order valence-electron chi connectivity index (χ4n) is 5.14. The Bertz CT molecular complexity index is 907. The van der Waals surface area contributed by atoms with Crippen molar-refractivity contribution in [1.29, 1.82) is 0 Å². The van der Waals surface area contributed by atoms with Crippen LogP contribution in [0.15, 0.2) is 34.3 Å². The second-order valence-electron chi connectivity index (χ2n) is 8.99. The Balaban J connectivity index is 1.36. The summed E-state index contributed by atoms with van der Waals surface area (Å²) in [5, 5.41) is 2.15. The maximum absolute atomic E-state index is 6.41. The van der Waals surface area contributed by atoms with Crippen LogP contribution in [0.1, 0.15) is 63.5 Å². The Kier molecular flexibility index (Phi) is 5.46. The molecule has 1 aromatic carbocycles. The highest BCUT2D eigenvalue weighted by Crippen LogP contribution is 2.51. The lowest BCUT2D eigenvalue weighted by atomic mass is 9.71. The Hall–Kier alpha value is -0.970. The molecule has 0 N–H and O–H groups in total. The molecule has 2 aliphatic carbocycles. The molecule has 29 heavy (non-hydrogen) atoms. The minimum Gasteiger partial charge on any atom is -0.355 e. The molecule has 2 heterocycles. The van der Waals surface area contributed by atoms with Gasteiger partial charge in [-0.25, -0.2) is 9.97 Å². The summed E-state index contributed by atoms with van der Waals surface area (Å²) in [4.78, 5) is 13.3. The second kappa shape index (κ2) is 7.94. The van der Waals surface area contributed by atoms with Crippen molar-refractivity contribution in [2.45, 2.75) is 67.7 Å². The quantitative estimate of drug-likeness (QED) is 0.494. The molecule has 1 aliphatic heterocycles. The van der Waals surface area contributed by atoms with E-state index < -0.39 is 0 Å². The van der Waals surface area contributed by atoms with Crippen molar-refractivity contribution in [3.8, 4) is 0 Å². The summed E-state index contributed by atoms with van der Waals surface area (Å²) in [6.45, 7) is 4.67. The average Bonchev–Trinajstić information content (AvgIpc) is 3.52. The van der Waals surface area contributed by atoms with Crippen molar-refractivity contribution in [2.75, 3.05) is 18.0 Å². The molecule has 0 unspecified atom stereocenters. The molecular weight excluding hydrogens is 421 g/mol. The number of anilines is 1. The molecule has 1 spiro atoms. The summed E-state index contributed by atoms with van der Waals surface area (Å²) in [6, 6.07) is 5.75. The van der Waals surface area contributed by atoms with Crippen LogP contribution in [0.3, 0.4) is 0 Å². The van der Waals surface area contributed by atoms with Crippen LogP contribution in [0.4, 0.5) is 5.82 Å². The van der Waals surface area contributed by atoms with Crippen molar-refractivity contribution >= 4 is 40.8 Å². The molecule has 1 atom stereocenters. The molecule has 3 aliphatic rings. The van der Waals surface area contributed by atoms with Crippen LogP contribution in [-0.4, -0.2) is 23.1 Å². The molecule has 0 amide bonds. The van der Waals surface area contributed by atoms with Crippen LogP contribution in [-0.2, 0) is 0 Å². The van der Waals surface area contributed by atoms with E-state index in [9.17, 15) is 0 Å². The topological polar surface area (TPSA) is 29.0 Å². The first kappa shape index (κ1) is 20.0. The van der Waals surface area contributed by atoms with Crippen molar-refractivity contribution in [3.63, 3.8) is 0 Å². The standard InChI is InChI=1S/C23H27Cl2N3S/c1-15-4-3-9-23(15)10-12-28(13-11-23)19-14-26-22(21(27-19)16-7-8-16)29-18-6-2-5-17(24)20(18)25/h2,5-6,14-16H,3-4,7-13H2,1H3/t15-/m1/s1. The summed E-state index contributed by atoms with van der Waals surface area (Å²) in [7, 11) is 0. The third kappa shape index (κ3) is 3.88. The van der Waals surface area contributed by atoms with Crippen molar-refractivity contribution in [2.24, 2.45) is 11.3 Å².